The van der Waals surface area contributed by atoms with Crippen LogP contribution in [0.2, 0.25) is 0 Å². The van der Waals surface area contributed by atoms with E-state index in [0.717, 1.165) is 31.4 Å². The zero-order chi connectivity index (χ0) is 25.2. The number of thiazole rings is 1. The van der Waals surface area contributed by atoms with Crippen molar-refractivity contribution >= 4 is 29.2 Å². The van der Waals surface area contributed by atoms with Gasteiger partial charge in [-0.3, -0.25) is 9.59 Å². The van der Waals surface area contributed by atoms with Crippen molar-refractivity contribution in [3.63, 3.8) is 0 Å². The zero-order valence-electron chi connectivity index (χ0n) is 20.5. The fraction of sp³-hybridized carbons (Fsp3) is 0.520. The molecular weight excluding hydrogens is 468 g/mol. The van der Waals surface area contributed by atoms with Crippen LogP contribution in [0.1, 0.15) is 73.4 Å². The molecule has 1 heterocycles. The molecule has 190 valence electrons. The van der Waals surface area contributed by atoms with Crippen molar-refractivity contribution in [1.82, 2.24) is 20.9 Å². The number of nitrogens with zero attached hydrogens (tertiary/aromatic N) is 1. The van der Waals surface area contributed by atoms with Gasteiger partial charge in [0.2, 0.25) is 0 Å². The first-order valence-electron chi connectivity index (χ1n) is 12.0. The molecule has 3 amide bonds. The van der Waals surface area contributed by atoms with Crippen LogP contribution >= 0.6 is 11.3 Å². The van der Waals surface area contributed by atoms with E-state index in [4.69, 9.17) is 9.47 Å². The van der Waals surface area contributed by atoms with Crippen LogP contribution in [0.4, 0.5) is 4.79 Å². The van der Waals surface area contributed by atoms with Crippen LogP contribution in [0.15, 0.2) is 29.6 Å². The number of amides is 3. The number of carbonyl (C=O) groups is 3. The smallest absolute Gasteiger partial charge is 0.325 e. The predicted octanol–water partition coefficient (Wildman–Crippen LogP) is 3.75. The maximum Gasteiger partial charge on any atom is 0.325 e. The van der Waals surface area contributed by atoms with E-state index in [0.29, 0.717) is 16.6 Å². The van der Waals surface area contributed by atoms with Crippen molar-refractivity contribution in [2.45, 2.75) is 71.1 Å². The molecule has 0 aliphatic heterocycles. The minimum absolute atomic E-state index is 0.199. The average molecular weight is 503 g/mol. The summed E-state index contributed by atoms with van der Waals surface area (Å²) in [6.07, 6.45) is 3.40. The minimum Gasteiger partial charge on any atom is -0.486 e. The van der Waals surface area contributed by atoms with Crippen LogP contribution in [-0.4, -0.2) is 48.1 Å². The summed E-state index contributed by atoms with van der Waals surface area (Å²) >= 11 is 1.37. The first kappa shape index (κ1) is 26.5. The number of urea groups is 1. The quantitative estimate of drug-likeness (QED) is 0.426. The van der Waals surface area contributed by atoms with Gasteiger partial charge in [0.25, 0.3) is 5.91 Å². The Labute approximate surface area is 210 Å². The summed E-state index contributed by atoms with van der Waals surface area (Å²) in [6.45, 7) is 6.34. The standard InChI is InChI=1S/C25H34N4O5S/c1-4-33-23(30)13-26-25(32)29-20-8-6-5-7-19(20)28-24(31)21-15-35-22(27-21)14-34-18-11-9-17(10-12-18)16(2)3/h9-12,15-16,19-20H,4-8,13-14H2,1-3H3,(H,28,31)(H2,26,29,32)/t19-,20+/m0/s1. The highest BCUT2D eigenvalue weighted by Gasteiger charge is 2.29. The Balaban J connectivity index is 1.49. The van der Waals surface area contributed by atoms with Crippen molar-refractivity contribution in [3.05, 3.63) is 45.9 Å². The third-order valence-electron chi connectivity index (χ3n) is 5.79. The summed E-state index contributed by atoms with van der Waals surface area (Å²) < 4.78 is 10.6. The van der Waals surface area contributed by atoms with Gasteiger partial charge >= 0.3 is 12.0 Å². The monoisotopic (exact) mass is 502 g/mol. The first-order valence-corrected chi connectivity index (χ1v) is 12.9. The largest absolute Gasteiger partial charge is 0.486 e. The highest BCUT2D eigenvalue weighted by Crippen LogP contribution is 2.21. The van der Waals surface area contributed by atoms with Gasteiger partial charge in [-0.15, -0.1) is 11.3 Å². The lowest BCUT2D eigenvalue weighted by Gasteiger charge is -2.32. The lowest BCUT2D eigenvalue weighted by Crippen LogP contribution is -2.55. The molecule has 2 aromatic rings. The lowest BCUT2D eigenvalue weighted by atomic mass is 9.90. The Morgan fingerprint density at radius 2 is 1.77 bits per heavy atom. The van der Waals surface area contributed by atoms with Crippen LogP contribution in [0.25, 0.3) is 0 Å². The topological polar surface area (TPSA) is 119 Å². The van der Waals surface area contributed by atoms with E-state index in [2.05, 4.69) is 34.8 Å². The van der Waals surface area contributed by atoms with E-state index < -0.39 is 12.0 Å². The van der Waals surface area contributed by atoms with Crippen molar-refractivity contribution in [3.8, 4) is 5.75 Å². The van der Waals surface area contributed by atoms with E-state index in [9.17, 15) is 14.4 Å². The Bertz CT molecular complexity index is 992. The number of hydrogen-bond donors (Lipinski definition) is 3. The highest BCUT2D eigenvalue weighted by atomic mass is 32.1. The summed E-state index contributed by atoms with van der Waals surface area (Å²) in [5.74, 6) is 0.446. The van der Waals surface area contributed by atoms with Crippen LogP contribution in [0.5, 0.6) is 5.75 Å². The Morgan fingerprint density at radius 3 is 2.43 bits per heavy atom. The second-order valence-electron chi connectivity index (χ2n) is 8.74. The maximum absolute atomic E-state index is 12.8. The molecule has 0 saturated heterocycles. The number of aromatic nitrogens is 1. The summed E-state index contributed by atoms with van der Waals surface area (Å²) in [4.78, 5) is 40.9. The van der Waals surface area contributed by atoms with Gasteiger partial charge in [-0.2, -0.15) is 0 Å². The molecule has 0 radical (unpaired) electrons. The molecule has 1 aromatic heterocycles. The van der Waals surface area contributed by atoms with Crippen LogP contribution in [0, 0.1) is 0 Å². The van der Waals surface area contributed by atoms with Gasteiger partial charge in [0.15, 0.2) is 0 Å². The second-order valence-corrected chi connectivity index (χ2v) is 9.68. The molecule has 1 aromatic carbocycles. The maximum atomic E-state index is 12.8. The molecule has 2 atom stereocenters. The van der Waals surface area contributed by atoms with Crippen molar-refractivity contribution in [2.75, 3.05) is 13.2 Å². The van der Waals surface area contributed by atoms with Crippen molar-refractivity contribution in [1.29, 1.82) is 0 Å². The summed E-state index contributed by atoms with van der Waals surface area (Å²) in [5.41, 5.74) is 1.58. The van der Waals surface area contributed by atoms with Gasteiger partial charge in [-0.25, -0.2) is 9.78 Å². The number of ether oxygens (including phenoxy) is 2. The Kier molecular flexibility index (Phi) is 9.89. The molecule has 1 aliphatic rings. The first-order chi connectivity index (χ1) is 16.9. The third-order valence-corrected chi connectivity index (χ3v) is 6.61. The van der Waals surface area contributed by atoms with Gasteiger partial charge in [0, 0.05) is 11.4 Å². The molecule has 3 N–H and O–H groups in total. The van der Waals surface area contributed by atoms with Crippen molar-refractivity contribution < 1.29 is 23.9 Å². The van der Waals surface area contributed by atoms with Gasteiger partial charge in [0.05, 0.1) is 12.6 Å². The van der Waals surface area contributed by atoms with E-state index in [1.807, 2.05) is 24.3 Å². The zero-order valence-corrected chi connectivity index (χ0v) is 21.3. The highest BCUT2D eigenvalue weighted by molar-refractivity contribution is 7.09. The van der Waals surface area contributed by atoms with Crippen molar-refractivity contribution in [2.24, 2.45) is 0 Å². The van der Waals surface area contributed by atoms with Crippen LogP contribution < -0.4 is 20.7 Å². The molecule has 0 spiro atoms. The predicted molar refractivity (Wildman–Crippen MR) is 134 cm³/mol. The average Bonchev–Trinajstić information content (AvgIpc) is 3.32. The second kappa shape index (κ2) is 13.1. The summed E-state index contributed by atoms with van der Waals surface area (Å²) in [7, 11) is 0. The molecule has 0 unspecified atom stereocenters. The van der Waals surface area contributed by atoms with E-state index in [1.54, 1.807) is 12.3 Å². The number of nitrogens with one attached hydrogen (secondary N) is 3. The number of esters is 1. The van der Waals surface area contributed by atoms with Crippen LogP contribution in [0.3, 0.4) is 0 Å². The lowest BCUT2D eigenvalue weighted by molar-refractivity contribution is -0.141. The molecule has 1 aliphatic carbocycles. The molecule has 1 fully saturated rings. The van der Waals surface area contributed by atoms with Crippen LogP contribution in [-0.2, 0) is 16.1 Å². The minimum atomic E-state index is -0.493. The number of hydrogen-bond acceptors (Lipinski definition) is 7. The number of rotatable bonds is 10. The summed E-state index contributed by atoms with van der Waals surface area (Å²) in [5, 5.41) is 10.8. The molecule has 1 saturated carbocycles. The van der Waals surface area contributed by atoms with Gasteiger partial charge in [0.1, 0.15) is 29.6 Å². The van der Waals surface area contributed by atoms with E-state index in [1.165, 1.54) is 16.9 Å². The van der Waals surface area contributed by atoms with Gasteiger partial charge < -0.3 is 25.4 Å². The van der Waals surface area contributed by atoms with Gasteiger partial charge in [-0.05, 0) is 43.4 Å². The molecule has 9 nitrogen and oxygen atoms in total. The van der Waals surface area contributed by atoms with E-state index in [-0.39, 0.29) is 37.7 Å². The van der Waals surface area contributed by atoms with Gasteiger partial charge in [-0.1, -0.05) is 38.8 Å². The fourth-order valence-corrected chi connectivity index (χ4v) is 4.56. The number of carbonyl (C=O) groups excluding carboxylic acids is 3. The fourth-order valence-electron chi connectivity index (χ4n) is 3.88. The molecule has 35 heavy (non-hydrogen) atoms. The van der Waals surface area contributed by atoms with E-state index >= 15 is 0 Å². The molecular formula is C25H34N4O5S. The third kappa shape index (κ3) is 8.24. The summed E-state index contributed by atoms with van der Waals surface area (Å²) in [6, 6.07) is 7.07. The normalized spacial score (nSPS) is 17.5. The molecule has 10 heteroatoms. The molecule has 3 rings (SSSR count). The Morgan fingerprint density at radius 1 is 1.09 bits per heavy atom. The SMILES string of the molecule is CCOC(=O)CNC(=O)N[C@@H]1CCCC[C@@H]1NC(=O)c1csc(COc2ccc(C(C)C)cc2)n1. The Hall–Kier alpha value is -3.14. The number of benzene rings is 1. The molecule has 0 bridgehead atoms.